The molecule has 0 unspecified atom stereocenters. The summed E-state index contributed by atoms with van der Waals surface area (Å²) in [5, 5.41) is 20.6. The third kappa shape index (κ3) is 2.26. The van der Waals surface area contributed by atoms with Crippen LogP contribution in [-0.2, 0) is 4.74 Å². The number of ether oxygens (including phenoxy) is 1. The van der Waals surface area contributed by atoms with Gasteiger partial charge in [0.1, 0.15) is 17.2 Å². The van der Waals surface area contributed by atoms with E-state index in [0.717, 1.165) is 10.9 Å². The van der Waals surface area contributed by atoms with Crippen LogP contribution in [0.4, 0.5) is 0 Å². The zero-order chi connectivity index (χ0) is 15.7. The Labute approximate surface area is 126 Å². The van der Waals surface area contributed by atoms with Crippen molar-refractivity contribution in [2.75, 3.05) is 6.61 Å². The van der Waals surface area contributed by atoms with E-state index in [0.29, 0.717) is 11.1 Å². The number of hydrogen-bond donors (Lipinski definition) is 3. The molecule has 0 amide bonds. The lowest BCUT2D eigenvalue weighted by atomic mass is 10.0. The summed E-state index contributed by atoms with van der Waals surface area (Å²) in [4.78, 5) is 15.2. The van der Waals surface area contributed by atoms with Crippen molar-refractivity contribution >= 4 is 16.9 Å². The maximum Gasteiger partial charge on any atom is 0.355 e. The largest absolute Gasteiger partial charge is 0.508 e. The molecule has 0 aliphatic carbocycles. The van der Waals surface area contributed by atoms with Gasteiger partial charge in [-0.15, -0.1) is 0 Å². The van der Waals surface area contributed by atoms with Gasteiger partial charge in [0, 0.05) is 22.0 Å². The molecule has 0 spiro atoms. The van der Waals surface area contributed by atoms with Crippen LogP contribution >= 0.6 is 0 Å². The quantitative estimate of drug-likeness (QED) is 0.511. The molecule has 0 saturated heterocycles. The Bertz CT molecular complexity index is 851. The molecule has 1 aromatic heterocycles. The summed E-state index contributed by atoms with van der Waals surface area (Å²) in [5.74, 6) is -0.516. The summed E-state index contributed by atoms with van der Waals surface area (Å²) in [7, 11) is 0. The van der Waals surface area contributed by atoms with E-state index in [1.54, 1.807) is 6.92 Å². The van der Waals surface area contributed by atoms with Gasteiger partial charge in [0.05, 0.1) is 6.61 Å². The van der Waals surface area contributed by atoms with Crippen LogP contribution < -0.4 is 0 Å². The van der Waals surface area contributed by atoms with Gasteiger partial charge in [-0.3, -0.25) is 0 Å². The zero-order valence-corrected chi connectivity index (χ0v) is 12.0. The Morgan fingerprint density at radius 3 is 2.73 bits per heavy atom. The zero-order valence-electron chi connectivity index (χ0n) is 12.0. The minimum absolute atomic E-state index is 0.00731. The van der Waals surface area contributed by atoms with Crippen molar-refractivity contribution in [1.29, 1.82) is 0 Å². The minimum atomic E-state index is -0.503. The lowest BCUT2D eigenvalue weighted by Gasteiger charge is -2.07. The van der Waals surface area contributed by atoms with Crippen molar-refractivity contribution in [2.24, 2.45) is 0 Å². The fourth-order valence-electron chi connectivity index (χ4n) is 2.50. The summed E-state index contributed by atoms with van der Waals surface area (Å²) in [6, 6.07) is 11.6. The number of esters is 1. The van der Waals surface area contributed by atoms with Crippen molar-refractivity contribution < 1.29 is 19.7 Å². The second kappa shape index (κ2) is 5.44. The maximum absolute atomic E-state index is 12.2. The van der Waals surface area contributed by atoms with Crippen LogP contribution in [0.2, 0.25) is 0 Å². The summed E-state index contributed by atoms with van der Waals surface area (Å²) in [5.41, 5.74) is 1.90. The molecular weight excluding hydrogens is 282 g/mol. The Hall–Kier alpha value is -2.95. The van der Waals surface area contributed by atoms with Crippen LogP contribution in [0.25, 0.3) is 22.0 Å². The van der Waals surface area contributed by atoms with E-state index < -0.39 is 5.97 Å². The number of benzene rings is 2. The summed E-state index contributed by atoms with van der Waals surface area (Å²) >= 11 is 0. The molecule has 5 nitrogen and oxygen atoms in total. The van der Waals surface area contributed by atoms with Gasteiger partial charge in [0.15, 0.2) is 0 Å². The SMILES string of the molecule is CCOC(=O)c1[nH]c2ccccc2c1-c1cc(O)ccc1O. The summed E-state index contributed by atoms with van der Waals surface area (Å²) in [6.07, 6.45) is 0. The second-order valence-electron chi connectivity index (χ2n) is 4.84. The lowest BCUT2D eigenvalue weighted by Crippen LogP contribution is -2.06. The van der Waals surface area contributed by atoms with E-state index in [1.807, 2.05) is 24.3 Å². The molecule has 3 N–H and O–H groups in total. The predicted molar refractivity (Wildman–Crippen MR) is 83.0 cm³/mol. The van der Waals surface area contributed by atoms with Gasteiger partial charge < -0.3 is 19.9 Å². The Balaban J connectivity index is 2.32. The molecule has 0 aliphatic rings. The van der Waals surface area contributed by atoms with Crippen LogP contribution in [0, 0.1) is 0 Å². The average Bonchev–Trinajstić information content (AvgIpc) is 2.89. The predicted octanol–water partition coefficient (Wildman–Crippen LogP) is 3.42. The molecule has 0 fully saturated rings. The van der Waals surface area contributed by atoms with Gasteiger partial charge in [0.25, 0.3) is 0 Å². The molecule has 2 aromatic carbocycles. The number of aromatic amines is 1. The van der Waals surface area contributed by atoms with Crippen molar-refractivity contribution in [1.82, 2.24) is 4.98 Å². The first-order valence-electron chi connectivity index (χ1n) is 6.92. The third-order valence-electron chi connectivity index (χ3n) is 3.44. The van der Waals surface area contributed by atoms with Gasteiger partial charge in [-0.05, 0) is 31.2 Å². The van der Waals surface area contributed by atoms with Crippen molar-refractivity contribution in [3.63, 3.8) is 0 Å². The van der Waals surface area contributed by atoms with E-state index in [4.69, 9.17) is 4.74 Å². The second-order valence-corrected chi connectivity index (χ2v) is 4.84. The highest BCUT2D eigenvalue weighted by atomic mass is 16.5. The normalized spacial score (nSPS) is 10.8. The fraction of sp³-hybridized carbons (Fsp3) is 0.118. The van der Waals surface area contributed by atoms with E-state index in [9.17, 15) is 15.0 Å². The van der Waals surface area contributed by atoms with Gasteiger partial charge in [0.2, 0.25) is 0 Å². The summed E-state index contributed by atoms with van der Waals surface area (Å²) < 4.78 is 5.08. The molecule has 0 aliphatic heterocycles. The Kier molecular flexibility index (Phi) is 3.47. The number of rotatable bonds is 3. The molecule has 1 heterocycles. The lowest BCUT2D eigenvalue weighted by molar-refractivity contribution is 0.0521. The first kappa shape index (κ1) is 14.0. The van der Waals surface area contributed by atoms with Gasteiger partial charge in [-0.2, -0.15) is 0 Å². The molecular formula is C17H15NO4. The highest BCUT2D eigenvalue weighted by molar-refractivity contribution is 6.08. The number of H-pyrrole nitrogens is 1. The van der Waals surface area contributed by atoms with Crippen molar-refractivity contribution in [3.8, 4) is 22.6 Å². The Morgan fingerprint density at radius 2 is 1.95 bits per heavy atom. The van der Waals surface area contributed by atoms with Crippen LogP contribution in [0.15, 0.2) is 42.5 Å². The average molecular weight is 297 g/mol. The Morgan fingerprint density at radius 1 is 1.18 bits per heavy atom. The molecule has 112 valence electrons. The van der Waals surface area contributed by atoms with E-state index >= 15 is 0 Å². The third-order valence-corrected chi connectivity index (χ3v) is 3.44. The van der Waals surface area contributed by atoms with Crippen LogP contribution in [0.5, 0.6) is 11.5 Å². The molecule has 0 radical (unpaired) electrons. The maximum atomic E-state index is 12.2. The number of aromatic nitrogens is 1. The molecule has 3 rings (SSSR count). The van der Waals surface area contributed by atoms with Crippen molar-refractivity contribution in [3.05, 3.63) is 48.2 Å². The van der Waals surface area contributed by atoms with Crippen LogP contribution in [0.3, 0.4) is 0 Å². The molecule has 3 aromatic rings. The van der Waals surface area contributed by atoms with Crippen LogP contribution in [0.1, 0.15) is 17.4 Å². The minimum Gasteiger partial charge on any atom is -0.508 e. The van der Waals surface area contributed by atoms with Gasteiger partial charge in [-0.25, -0.2) is 4.79 Å². The first-order valence-corrected chi connectivity index (χ1v) is 6.92. The van der Waals surface area contributed by atoms with E-state index in [1.165, 1.54) is 18.2 Å². The number of carbonyl (C=O) groups is 1. The number of nitrogens with one attached hydrogen (secondary N) is 1. The number of phenolic OH excluding ortho intramolecular Hbond substituents is 2. The fourth-order valence-corrected chi connectivity index (χ4v) is 2.50. The van der Waals surface area contributed by atoms with E-state index in [2.05, 4.69) is 4.98 Å². The summed E-state index contributed by atoms with van der Waals surface area (Å²) in [6.45, 7) is 1.98. The van der Waals surface area contributed by atoms with E-state index in [-0.39, 0.29) is 23.8 Å². The number of phenols is 2. The number of para-hydroxylation sites is 1. The highest BCUT2D eigenvalue weighted by Crippen LogP contribution is 2.39. The first-order chi connectivity index (χ1) is 10.6. The molecule has 5 heteroatoms. The van der Waals surface area contributed by atoms with Gasteiger partial charge >= 0.3 is 5.97 Å². The standard InChI is InChI=1S/C17H15NO4/c1-2-22-17(21)16-15(11-5-3-4-6-13(11)18-16)12-9-10(19)7-8-14(12)20/h3-9,18-20H,2H2,1H3. The van der Waals surface area contributed by atoms with Crippen molar-refractivity contribution in [2.45, 2.75) is 6.92 Å². The smallest absolute Gasteiger partial charge is 0.355 e. The van der Waals surface area contributed by atoms with Gasteiger partial charge in [-0.1, -0.05) is 18.2 Å². The number of aromatic hydroxyl groups is 2. The topological polar surface area (TPSA) is 82.6 Å². The molecule has 0 atom stereocenters. The number of fused-ring (bicyclic) bond motifs is 1. The number of hydrogen-bond acceptors (Lipinski definition) is 4. The number of carbonyl (C=O) groups excluding carboxylic acids is 1. The highest BCUT2D eigenvalue weighted by Gasteiger charge is 2.22. The molecule has 0 bridgehead atoms. The monoisotopic (exact) mass is 297 g/mol. The molecule has 22 heavy (non-hydrogen) atoms. The molecule has 0 saturated carbocycles. The van der Waals surface area contributed by atoms with Crippen LogP contribution in [-0.4, -0.2) is 27.8 Å².